The highest BCUT2D eigenvalue weighted by Gasteiger charge is 2.37. The van der Waals surface area contributed by atoms with Crippen molar-refractivity contribution in [3.63, 3.8) is 0 Å². The Morgan fingerprint density at radius 1 is 1.39 bits per heavy atom. The molecule has 1 aromatic carbocycles. The van der Waals surface area contributed by atoms with Crippen LogP contribution in [0.3, 0.4) is 0 Å². The molecular weight excluding hydrogens is 230 g/mol. The number of amides is 1. The Hall–Kier alpha value is -1.84. The number of hydrogen-bond donors (Lipinski definition) is 0. The Balaban J connectivity index is 2.25. The van der Waals surface area contributed by atoms with Crippen molar-refractivity contribution in [2.45, 2.75) is 32.7 Å². The SMILES string of the molecule is CCOC(=O)C1CCC(=O)N1c1ccc(C)cc1. The van der Waals surface area contributed by atoms with E-state index in [-0.39, 0.29) is 11.9 Å². The van der Waals surface area contributed by atoms with Crippen LogP contribution in [-0.4, -0.2) is 24.5 Å². The molecule has 0 aromatic heterocycles. The molecule has 96 valence electrons. The normalized spacial score (nSPS) is 19.1. The molecule has 1 fully saturated rings. The molecular formula is C14H17NO3. The molecule has 4 nitrogen and oxygen atoms in total. The lowest BCUT2D eigenvalue weighted by atomic mass is 10.2. The van der Waals surface area contributed by atoms with Crippen molar-refractivity contribution in [2.75, 3.05) is 11.5 Å². The average molecular weight is 247 g/mol. The van der Waals surface area contributed by atoms with Gasteiger partial charge in [0.1, 0.15) is 6.04 Å². The molecule has 18 heavy (non-hydrogen) atoms. The predicted molar refractivity (Wildman–Crippen MR) is 68.3 cm³/mol. The highest BCUT2D eigenvalue weighted by Crippen LogP contribution is 2.27. The molecule has 0 spiro atoms. The van der Waals surface area contributed by atoms with Crippen LogP contribution in [0.2, 0.25) is 0 Å². The molecule has 0 radical (unpaired) electrons. The largest absolute Gasteiger partial charge is 0.464 e. The molecule has 0 saturated carbocycles. The standard InChI is InChI=1S/C14H17NO3/c1-3-18-14(17)12-8-9-13(16)15(12)11-6-4-10(2)5-7-11/h4-7,12H,3,8-9H2,1-2H3. The smallest absolute Gasteiger partial charge is 0.329 e. The van der Waals surface area contributed by atoms with Gasteiger partial charge in [-0.05, 0) is 32.4 Å². The molecule has 1 saturated heterocycles. The minimum Gasteiger partial charge on any atom is -0.464 e. The Kier molecular flexibility index (Phi) is 3.65. The molecule has 1 unspecified atom stereocenters. The van der Waals surface area contributed by atoms with Gasteiger partial charge in [-0.3, -0.25) is 9.69 Å². The van der Waals surface area contributed by atoms with Gasteiger partial charge in [0, 0.05) is 12.1 Å². The summed E-state index contributed by atoms with van der Waals surface area (Å²) in [4.78, 5) is 25.3. The first-order chi connectivity index (χ1) is 8.63. The van der Waals surface area contributed by atoms with Crippen molar-refractivity contribution in [3.8, 4) is 0 Å². The number of carbonyl (C=O) groups excluding carboxylic acids is 2. The Morgan fingerprint density at radius 3 is 2.67 bits per heavy atom. The second-order valence-corrected chi connectivity index (χ2v) is 4.41. The van der Waals surface area contributed by atoms with Crippen molar-refractivity contribution in [1.82, 2.24) is 0 Å². The zero-order valence-electron chi connectivity index (χ0n) is 10.7. The van der Waals surface area contributed by atoms with E-state index >= 15 is 0 Å². The van der Waals surface area contributed by atoms with Crippen LogP contribution in [0.5, 0.6) is 0 Å². The molecule has 1 atom stereocenters. The summed E-state index contributed by atoms with van der Waals surface area (Å²) < 4.78 is 5.02. The van der Waals surface area contributed by atoms with Gasteiger partial charge in [0.05, 0.1) is 6.61 Å². The maximum Gasteiger partial charge on any atom is 0.329 e. The fourth-order valence-corrected chi connectivity index (χ4v) is 2.17. The fraction of sp³-hybridized carbons (Fsp3) is 0.429. The van der Waals surface area contributed by atoms with Crippen LogP contribution in [0, 0.1) is 6.92 Å². The first-order valence-corrected chi connectivity index (χ1v) is 6.19. The fourth-order valence-electron chi connectivity index (χ4n) is 2.17. The number of hydrogen-bond acceptors (Lipinski definition) is 3. The van der Waals surface area contributed by atoms with Gasteiger partial charge >= 0.3 is 5.97 Å². The van der Waals surface area contributed by atoms with Crippen LogP contribution in [0.15, 0.2) is 24.3 Å². The van der Waals surface area contributed by atoms with Gasteiger partial charge in [-0.25, -0.2) is 4.79 Å². The lowest BCUT2D eigenvalue weighted by molar-refractivity contribution is -0.144. The summed E-state index contributed by atoms with van der Waals surface area (Å²) in [5, 5.41) is 0. The summed E-state index contributed by atoms with van der Waals surface area (Å²) in [6.45, 7) is 4.09. The van der Waals surface area contributed by atoms with E-state index in [9.17, 15) is 9.59 Å². The summed E-state index contributed by atoms with van der Waals surface area (Å²) in [5.41, 5.74) is 1.89. The number of anilines is 1. The number of esters is 1. The minimum absolute atomic E-state index is 0.0168. The van der Waals surface area contributed by atoms with Crippen LogP contribution in [0.1, 0.15) is 25.3 Å². The molecule has 0 bridgehead atoms. The van der Waals surface area contributed by atoms with Gasteiger partial charge < -0.3 is 4.74 Å². The van der Waals surface area contributed by atoms with E-state index in [1.54, 1.807) is 11.8 Å². The van der Waals surface area contributed by atoms with E-state index in [1.807, 2.05) is 31.2 Å². The summed E-state index contributed by atoms with van der Waals surface area (Å²) >= 11 is 0. The van der Waals surface area contributed by atoms with E-state index in [0.29, 0.717) is 19.4 Å². The molecule has 2 rings (SSSR count). The number of rotatable bonds is 3. The van der Waals surface area contributed by atoms with Gasteiger partial charge in [0.15, 0.2) is 0 Å². The van der Waals surface area contributed by atoms with Crippen LogP contribution < -0.4 is 4.90 Å². The number of nitrogens with zero attached hydrogens (tertiary/aromatic N) is 1. The van der Waals surface area contributed by atoms with Gasteiger partial charge in [0.2, 0.25) is 5.91 Å². The van der Waals surface area contributed by atoms with E-state index in [1.165, 1.54) is 0 Å². The van der Waals surface area contributed by atoms with Crippen molar-refractivity contribution >= 4 is 17.6 Å². The lowest BCUT2D eigenvalue weighted by Gasteiger charge is -2.23. The summed E-state index contributed by atoms with van der Waals surface area (Å²) in [6, 6.07) is 7.13. The van der Waals surface area contributed by atoms with Crippen LogP contribution >= 0.6 is 0 Å². The molecule has 4 heteroatoms. The summed E-state index contributed by atoms with van der Waals surface area (Å²) in [5.74, 6) is -0.333. The zero-order chi connectivity index (χ0) is 13.1. The average Bonchev–Trinajstić information content (AvgIpc) is 2.73. The number of carbonyl (C=O) groups is 2. The summed E-state index contributed by atoms with van der Waals surface area (Å²) in [6.07, 6.45) is 0.933. The van der Waals surface area contributed by atoms with Gasteiger partial charge in [-0.1, -0.05) is 17.7 Å². The molecule has 0 N–H and O–H groups in total. The second-order valence-electron chi connectivity index (χ2n) is 4.41. The monoisotopic (exact) mass is 247 g/mol. The minimum atomic E-state index is -0.472. The Bertz CT molecular complexity index is 453. The van der Waals surface area contributed by atoms with Gasteiger partial charge in [-0.2, -0.15) is 0 Å². The zero-order valence-corrected chi connectivity index (χ0v) is 10.7. The highest BCUT2D eigenvalue weighted by molar-refractivity contribution is 6.02. The summed E-state index contributed by atoms with van der Waals surface area (Å²) in [7, 11) is 0. The molecule has 1 amide bonds. The maximum atomic E-state index is 11.9. The Morgan fingerprint density at radius 2 is 2.06 bits per heavy atom. The van der Waals surface area contributed by atoms with E-state index in [4.69, 9.17) is 4.74 Å². The quantitative estimate of drug-likeness (QED) is 0.768. The maximum absolute atomic E-state index is 11.9. The number of ether oxygens (including phenoxy) is 1. The van der Waals surface area contributed by atoms with Crippen molar-refractivity contribution in [3.05, 3.63) is 29.8 Å². The van der Waals surface area contributed by atoms with Crippen LogP contribution in [-0.2, 0) is 14.3 Å². The molecule has 1 heterocycles. The van der Waals surface area contributed by atoms with Crippen LogP contribution in [0.25, 0.3) is 0 Å². The number of benzene rings is 1. The van der Waals surface area contributed by atoms with Crippen molar-refractivity contribution in [2.24, 2.45) is 0 Å². The van der Waals surface area contributed by atoms with Crippen molar-refractivity contribution in [1.29, 1.82) is 0 Å². The topological polar surface area (TPSA) is 46.6 Å². The lowest BCUT2D eigenvalue weighted by Crippen LogP contribution is -2.39. The molecule has 1 aliphatic rings. The van der Waals surface area contributed by atoms with E-state index in [0.717, 1.165) is 11.3 Å². The Labute approximate surface area is 107 Å². The molecule has 1 aromatic rings. The van der Waals surface area contributed by atoms with E-state index in [2.05, 4.69) is 0 Å². The van der Waals surface area contributed by atoms with E-state index < -0.39 is 6.04 Å². The van der Waals surface area contributed by atoms with Gasteiger partial charge in [0.25, 0.3) is 0 Å². The molecule has 0 aliphatic carbocycles. The third kappa shape index (κ3) is 2.37. The van der Waals surface area contributed by atoms with Gasteiger partial charge in [-0.15, -0.1) is 0 Å². The molecule has 1 aliphatic heterocycles. The van der Waals surface area contributed by atoms with Crippen LogP contribution in [0.4, 0.5) is 5.69 Å². The first-order valence-electron chi connectivity index (χ1n) is 6.19. The van der Waals surface area contributed by atoms with Crippen molar-refractivity contribution < 1.29 is 14.3 Å². The number of aryl methyl sites for hydroxylation is 1. The highest BCUT2D eigenvalue weighted by atomic mass is 16.5. The predicted octanol–water partition coefficient (Wildman–Crippen LogP) is 2.05. The first kappa shape index (κ1) is 12.6. The third-order valence-electron chi connectivity index (χ3n) is 3.08. The third-order valence-corrected chi connectivity index (χ3v) is 3.08. The second kappa shape index (κ2) is 5.21.